The summed E-state index contributed by atoms with van der Waals surface area (Å²) in [4.78, 5) is 0. The van der Waals surface area contributed by atoms with Gasteiger partial charge in [-0.3, -0.25) is 5.43 Å². The molecule has 0 unspecified atom stereocenters. The molecule has 0 aromatic heterocycles. The molecule has 0 atom stereocenters. The minimum Gasteiger partial charge on any atom is -0.488 e. The lowest BCUT2D eigenvalue weighted by molar-refractivity contribution is 0.305. The maximum Gasteiger partial charge on any atom is 0.187 e. The SMILES string of the molecule is Cc1ccccc1COc1ccccc1/C=N/NC(=S)NCc1ccccc1. The van der Waals surface area contributed by atoms with Crippen LogP contribution in [0.25, 0.3) is 0 Å². The summed E-state index contributed by atoms with van der Waals surface area (Å²) in [5.41, 5.74) is 7.27. The van der Waals surface area contributed by atoms with Crippen molar-refractivity contribution in [2.24, 2.45) is 5.10 Å². The molecule has 0 spiro atoms. The number of hydrogen-bond acceptors (Lipinski definition) is 3. The predicted octanol–water partition coefficient (Wildman–Crippen LogP) is 4.57. The van der Waals surface area contributed by atoms with E-state index < -0.39 is 0 Å². The van der Waals surface area contributed by atoms with Crippen molar-refractivity contribution >= 4 is 23.5 Å². The number of ether oxygens (including phenoxy) is 1. The van der Waals surface area contributed by atoms with E-state index in [2.05, 4.69) is 34.9 Å². The molecule has 0 bridgehead atoms. The molecule has 3 aromatic rings. The van der Waals surface area contributed by atoms with E-state index in [4.69, 9.17) is 17.0 Å². The molecule has 0 amide bonds. The second-order valence-corrected chi connectivity index (χ2v) is 6.70. The fourth-order valence-electron chi connectivity index (χ4n) is 2.62. The first-order valence-electron chi connectivity index (χ1n) is 9.09. The van der Waals surface area contributed by atoms with Crippen molar-refractivity contribution in [2.75, 3.05) is 0 Å². The smallest absolute Gasteiger partial charge is 0.187 e. The molecule has 0 aliphatic heterocycles. The molecule has 0 aliphatic rings. The van der Waals surface area contributed by atoms with Gasteiger partial charge < -0.3 is 10.1 Å². The Kier molecular flexibility index (Phi) is 7.15. The lowest BCUT2D eigenvalue weighted by Crippen LogP contribution is -2.31. The maximum atomic E-state index is 6.00. The van der Waals surface area contributed by atoms with Gasteiger partial charge in [-0.2, -0.15) is 5.10 Å². The van der Waals surface area contributed by atoms with E-state index in [0.29, 0.717) is 18.3 Å². The lowest BCUT2D eigenvalue weighted by Gasteiger charge is -2.11. The summed E-state index contributed by atoms with van der Waals surface area (Å²) in [6, 6.07) is 26.1. The van der Waals surface area contributed by atoms with Crippen LogP contribution < -0.4 is 15.5 Å². The van der Waals surface area contributed by atoms with Gasteiger partial charge in [0.1, 0.15) is 12.4 Å². The molecular weight excluding hydrogens is 366 g/mol. The van der Waals surface area contributed by atoms with Crippen LogP contribution >= 0.6 is 12.2 Å². The van der Waals surface area contributed by atoms with Crippen LogP contribution in [0, 0.1) is 6.92 Å². The first-order chi connectivity index (χ1) is 13.7. The number of hydrazone groups is 1. The predicted molar refractivity (Wildman–Crippen MR) is 119 cm³/mol. The normalized spacial score (nSPS) is 10.6. The minimum atomic E-state index is 0.471. The van der Waals surface area contributed by atoms with Crippen LogP contribution in [0.3, 0.4) is 0 Å². The van der Waals surface area contributed by atoms with Crippen molar-refractivity contribution in [3.05, 3.63) is 101 Å². The minimum absolute atomic E-state index is 0.471. The highest BCUT2D eigenvalue weighted by Crippen LogP contribution is 2.18. The Morgan fingerprint density at radius 3 is 2.50 bits per heavy atom. The van der Waals surface area contributed by atoms with Gasteiger partial charge in [-0.05, 0) is 48.0 Å². The molecule has 0 heterocycles. The van der Waals surface area contributed by atoms with Crippen LogP contribution in [0.15, 0.2) is 84.0 Å². The zero-order valence-corrected chi connectivity index (χ0v) is 16.6. The summed E-state index contributed by atoms with van der Waals surface area (Å²) < 4.78 is 6.00. The fraction of sp³-hybridized carbons (Fsp3) is 0.130. The molecule has 3 rings (SSSR count). The maximum absolute atomic E-state index is 6.00. The highest BCUT2D eigenvalue weighted by atomic mass is 32.1. The average molecular weight is 390 g/mol. The highest BCUT2D eigenvalue weighted by Gasteiger charge is 2.03. The van der Waals surface area contributed by atoms with Crippen molar-refractivity contribution < 1.29 is 4.74 Å². The van der Waals surface area contributed by atoms with Gasteiger partial charge in [0.25, 0.3) is 0 Å². The van der Waals surface area contributed by atoms with E-state index in [9.17, 15) is 0 Å². The first kappa shape index (κ1) is 19.6. The van der Waals surface area contributed by atoms with Crippen molar-refractivity contribution in [1.82, 2.24) is 10.7 Å². The summed E-state index contributed by atoms with van der Waals surface area (Å²) in [5.74, 6) is 0.777. The van der Waals surface area contributed by atoms with Gasteiger partial charge in [0.05, 0.1) is 6.21 Å². The van der Waals surface area contributed by atoms with Gasteiger partial charge in [0.2, 0.25) is 0 Å². The molecule has 0 saturated carbocycles. The molecule has 0 radical (unpaired) electrons. The molecule has 0 fully saturated rings. The molecule has 5 heteroatoms. The summed E-state index contributed by atoms with van der Waals surface area (Å²) in [7, 11) is 0. The van der Waals surface area contributed by atoms with Crippen LogP contribution in [-0.2, 0) is 13.2 Å². The van der Waals surface area contributed by atoms with E-state index in [1.54, 1.807) is 6.21 Å². The van der Waals surface area contributed by atoms with Crippen molar-refractivity contribution in [3.8, 4) is 5.75 Å². The molecule has 2 N–H and O–H groups in total. The summed E-state index contributed by atoms with van der Waals surface area (Å²) >= 11 is 5.26. The molecule has 0 aliphatic carbocycles. The topological polar surface area (TPSA) is 45.6 Å². The van der Waals surface area contributed by atoms with Gasteiger partial charge in [0.15, 0.2) is 5.11 Å². The highest BCUT2D eigenvalue weighted by molar-refractivity contribution is 7.80. The van der Waals surface area contributed by atoms with E-state index in [0.717, 1.165) is 16.9 Å². The second kappa shape index (κ2) is 10.2. The van der Waals surface area contributed by atoms with Gasteiger partial charge in [-0.15, -0.1) is 0 Å². The zero-order chi connectivity index (χ0) is 19.6. The summed E-state index contributed by atoms with van der Waals surface area (Å²) in [6.07, 6.45) is 1.71. The Labute approximate surface area is 171 Å². The van der Waals surface area contributed by atoms with Crippen LogP contribution in [0.5, 0.6) is 5.75 Å². The molecule has 3 aromatic carbocycles. The largest absolute Gasteiger partial charge is 0.488 e. The fourth-order valence-corrected chi connectivity index (χ4v) is 2.75. The third kappa shape index (κ3) is 5.93. The first-order valence-corrected chi connectivity index (χ1v) is 9.50. The molecular formula is C23H23N3OS. The third-order valence-corrected chi connectivity index (χ3v) is 4.46. The Morgan fingerprint density at radius 2 is 1.68 bits per heavy atom. The van der Waals surface area contributed by atoms with Crippen LogP contribution in [0.4, 0.5) is 0 Å². The number of nitrogens with zero attached hydrogens (tertiary/aromatic N) is 1. The van der Waals surface area contributed by atoms with Crippen LogP contribution in [0.1, 0.15) is 22.3 Å². The monoisotopic (exact) mass is 389 g/mol. The summed E-state index contributed by atoms with van der Waals surface area (Å²) in [6.45, 7) is 3.25. The van der Waals surface area contributed by atoms with E-state index in [-0.39, 0.29) is 0 Å². The molecule has 142 valence electrons. The quantitative estimate of drug-likeness (QED) is 0.353. The van der Waals surface area contributed by atoms with Crippen molar-refractivity contribution in [1.29, 1.82) is 0 Å². The van der Waals surface area contributed by atoms with Gasteiger partial charge in [-0.25, -0.2) is 0 Å². The Bertz CT molecular complexity index is 941. The number of hydrogen-bond donors (Lipinski definition) is 2. The number of nitrogens with one attached hydrogen (secondary N) is 2. The zero-order valence-electron chi connectivity index (χ0n) is 15.8. The number of aryl methyl sites for hydroxylation is 1. The van der Waals surface area contributed by atoms with Gasteiger partial charge in [-0.1, -0.05) is 66.7 Å². The Morgan fingerprint density at radius 1 is 0.964 bits per heavy atom. The third-order valence-electron chi connectivity index (χ3n) is 4.23. The number of para-hydroxylation sites is 1. The van der Waals surface area contributed by atoms with Crippen molar-refractivity contribution in [2.45, 2.75) is 20.1 Å². The van der Waals surface area contributed by atoms with Crippen LogP contribution in [0.2, 0.25) is 0 Å². The van der Waals surface area contributed by atoms with E-state index >= 15 is 0 Å². The van der Waals surface area contributed by atoms with E-state index in [1.165, 1.54) is 11.1 Å². The molecule has 0 saturated heterocycles. The van der Waals surface area contributed by atoms with Gasteiger partial charge in [0, 0.05) is 12.1 Å². The Hall–Kier alpha value is -3.18. The lowest BCUT2D eigenvalue weighted by atomic mass is 10.1. The number of rotatable bonds is 7. The van der Waals surface area contributed by atoms with Crippen LogP contribution in [-0.4, -0.2) is 11.3 Å². The average Bonchev–Trinajstić information content (AvgIpc) is 2.73. The summed E-state index contributed by atoms with van der Waals surface area (Å²) in [5, 5.41) is 7.83. The van der Waals surface area contributed by atoms with Gasteiger partial charge >= 0.3 is 0 Å². The number of thiocarbonyl (C=S) groups is 1. The standard InChI is InChI=1S/C23H23N3OS/c1-18-9-5-6-13-21(18)17-27-22-14-8-7-12-20(22)16-25-26-23(28)24-15-19-10-3-2-4-11-19/h2-14,16H,15,17H2,1H3,(H2,24,26,28)/b25-16+. The number of benzene rings is 3. The second-order valence-electron chi connectivity index (χ2n) is 6.29. The van der Waals surface area contributed by atoms with E-state index in [1.807, 2.05) is 66.7 Å². The Balaban J connectivity index is 1.53. The molecule has 4 nitrogen and oxygen atoms in total. The van der Waals surface area contributed by atoms with Crippen molar-refractivity contribution in [3.63, 3.8) is 0 Å². The molecule has 28 heavy (non-hydrogen) atoms.